The van der Waals surface area contributed by atoms with Crippen molar-refractivity contribution in [3.05, 3.63) is 42.5 Å². The van der Waals surface area contributed by atoms with E-state index < -0.39 is 0 Å². The summed E-state index contributed by atoms with van der Waals surface area (Å²) in [5.41, 5.74) is 1.65. The Morgan fingerprint density at radius 1 is 1.23 bits per heavy atom. The third-order valence-electron chi connectivity index (χ3n) is 4.61. The first-order chi connectivity index (χ1) is 14.7. The molecule has 0 unspecified atom stereocenters. The Morgan fingerprint density at radius 2 is 2.03 bits per heavy atom. The first-order valence-corrected chi connectivity index (χ1v) is 9.97. The fraction of sp³-hybridized carbons (Fsp3) is 0.364. The number of benzene rings is 2. The van der Waals surface area contributed by atoms with Crippen molar-refractivity contribution in [2.24, 2.45) is 4.99 Å². The number of carbonyl (C=O) groups excluding carboxylic acids is 1. The third-order valence-corrected chi connectivity index (χ3v) is 4.61. The number of ether oxygens (including phenoxy) is 3. The molecule has 0 radical (unpaired) electrons. The van der Waals surface area contributed by atoms with Crippen molar-refractivity contribution in [1.82, 2.24) is 5.32 Å². The minimum absolute atomic E-state index is 0. The van der Waals surface area contributed by atoms with Gasteiger partial charge in [0.1, 0.15) is 5.75 Å². The quantitative estimate of drug-likeness (QED) is 0.231. The van der Waals surface area contributed by atoms with Crippen molar-refractivity contribution in [3.8, 4) is 17.2 Å². The molecule has 0 aromatic heterocycles. The molecule has 9 heteroatoms. The Kier molecular flexibility index (Phi) is 9.70. The maximum atomic E-state index is 12.2. The third kappa shape index (κ3) is 6.39. The predicted octanol–water partition coefficient (Wildman–Crippen LogP) is 3.51. The maximum absolute atomic E-state index is 12.2. The summed E-state index contributed by atoms with van der Waals surface area (Å²) in [5.74, 6) is 2.70. The lowest BCUT2D eigenvalue weighted by Gasteiger charge is -2.29. The average Bonchev–Trinajstić information content (AvgIpc) is 2.78. The molecule has 0 bridgehead atoms. The van der Waals surface area contributed by atoms with E-state index in [0.29, 0.717) is 37.2 Å². The van der Waals surface area contributed by atoms with E-state index in [1.165, 1.54) is 0 Å². The fourth-order valence-corrected chi connectivity index (χ4v) is 3.18. The molecule has 0 fully saturated rings. The molecular formula is C22H29IN4O4. The van der Waals surface area contributed by atoms with E-state index in [4.69, 9.17) is 14.2 Å². The van der Waals surface area contributed by atoms with Gasteiger partial charge in [-0.3, -0.25) is 9.79 Å². The van der Waals surface area contributed by atoms with Crippen LogP contribution in [0, 0.1) is 0 Å². The zero-order valence-electron chi connectivity index (χ0n) is 18.0. The largest absolute Gasteiger partial charge is 0.493 e. The summed E-state index contributed by atoms with van der Waals surface area (Å²) in [7, 11) is 3.32. The number of hydrogen-bond donors (Lipinski definition) is 2. The van der Waals surface area contributed by atoms with Gasteiger partial charge in [0, 0.05) is 31.9 Å². The molecule has 1 aliphatic rings. The van der Waals surface area contributed by atoms with Crippen molar-refractivity contribution in [3.63, 3.8) is 0 Å². The first-order valence-electron chi connectivity index (χ1n) is 9.97. The average molecular weight is 540 g/mol. The normalized spacial score (nSPS) is 12.9. The Labute approximate surface area is 200 Å². The van der Waals surface area contributed by atoms with Gasteiger partial charge in [-0.05, 0) is 37.6 Å². The number of nitrogens with one attached hydrogen (secondary N) is 2. The van der Waals surface area contributed by atoms with E-state index in [0.717, 1.165) is 23.5 Å². The van der Waals surface area contributed by atoms with Crippen LogP contribution in [0.4, 0.5) is 11.4 Å². The van der Waals surface area contributed by atoms with Gasteiger partial charge < -0.3 is 29.7 Å². The molecule has 0 spiro atoms. The molecule has 2 aromatic carbocycles. The minimum Gasteiger partial charge on any atom is -0.493 e. The fourth-order valence-electron chi connectivity index (χ4n) is 3.18. The summed E-state index contributed by atoms with van der Waals surface area (Å²) in [4.78, 5) is 18.3. The number of amides is 1. The number of rotatable bonds is 8. The smallest absolute Gasteiger partial charge is 0.265 e. The first kappa shape index (κ1) is 24.6. The van der Waals surface area contributed by atoms with Crippen molar-refractivity contribution >= 4 is 47.2 Å². The lowest BCUT2D eigenvalue weighted by molar-refractivity contribution is -0.121. The summed E-state index contributed by atoms with van der Waals surface area (Å²) in [5, 5.41) is 6.51. The van der Waals surface area contributed by atoms with E-state index in [-0.39, 0.29) is 36.5 Å². The molecule has 0 aliphatic carbocycles. The highest BCUT2D eigenvalue weighted by Gasteiger charge is 2.24. The van der Waals surface area contributed by atoms with Crippen LogP contribution in [-0.2, 0) is 4.79 Å². The van der Waals surface area contributed by atoms with E-state index in [9.17, 15) is 4.79 Å². The number of methoxy groups -OCH3 is 1. The molecule has 1 heterocycles. The van der Waals surface area contributed by atoms with Crippen LogP contribution < -0.4 is 29.7 Å². The van der Waals surface area contributed by atoms with Gasteiger partial charge >= 0.3 is 0 Å². The summed E-state index contributed by atoms with van der Waals surface area (Å²) in [6, 6.07) is 13.2. The predicted molar refractivity (Wildman–Crippen MR) is 133 cm³/mol. The van der Waals surface area contributed by atoms with Crippen LogP contribution in [0.1, 0.15) is 13.3 Å². The summed E-state index contributed by atoms with van der Waals surface area (Å²) in [6.07, 6.45) is 0.757. The second-order valence-electron chi connectivity index (χ2n) is 6.58. The number of carbonyl (C=O) groups is 1. The summed E-state index contributed by atoms with van der Waals surface area (Å²) < 4.78 is 16.4. The zero-order valence-corrected chi connectivity index (χ0v) is 20.3. The standard InChI is InChI=1S/C22H28N4O4.HI/c1-4-29-19-11-10-16(14-20(19)28-3)25-22(23-2)24-12-7-13-26-17-8-5-6-9-18(17)30-15-21(26)27;/h5-6,8-11,14H,4,7,12-13,15H2,1-3H3,(H2,23,24,25);1H. The molecule has 2 aromatic rings. The highest BCUT2D eigenvalue weighted by molar-refractivity contribution is 14.0. The zero-order chi connectivity index (χ0) is 21.3. The van der Waals surface area contributed by atoms with Gasteiger partial charge in [0.2, 0.25) is 0 Å². The van der Waals surface area contributed by atoms with Crippen LogP contribution in [-0.4, -0.2) is 52.3 Å². The molecule has 168 valence electrons. The molecule has 0 atom stereocenters. The Bertz CT molecular complexity index is 907. The number of nitrogens with zero attached hydrogens (tertiary/aromatic N) is 2. The summed E-state index contributed by atoms with van der Waals surface area (Å²) >= 11 is 0. The van der Waals surface area contributed by atoms with Gasteiger partial charge in [0.15, 0.2) is 24.1 Å². The SMILES string of the molecule is CCOc1ccc(NC(=NC)NCCCN2C(=O)COc3ccccc32)cc1OC.I. The number of guanidine groups is 1. The van der Waals surface area contributed by atoms with E-state index in [1.54, 1.807) is 19.1 Å². The molecule has 0 saturated carbocycles. The minimum atomic E-state index is -0.0299. The number of hydrogen-bond acceptors (Lipinski definition) is 5. The van der Waals surface area contributed by atoms with Gasteiger partial charge in [-0.25, -0.2) is 0 Å². The number of anilines is 2. The number of halogens is 1. The molecule has 31 heavy (non-hydrogen) atoms. The van der Waals surface area contributed by atoms with Crippen LogP contribution in [0.5, 0.6) is 17.2 Å². The molecule has 0 saturated heterocycles. The van der Waals surface area contributed by atoms with Crippen LogP contribution in [0.15, 0.2) is 47.5 Å². The van der Waals surface area contributed by atoms with Crippen LogP contribution in [0.3, 0.4) is 0 Å². The Balaban J connectivity index is 0.00000341. The van der Waals surface area contributed by atoms with Crippen LogP contribution in [0.25, 0.3) is 0 Å². The second kappa shape index (κ2) is 12.2. The van der Waals surface area contributed by atoms with Gasteiger partial charge in [-0.2, -0.15) is 0 Å². The van der Waals surface area contributed by atoms with E-state index in [2.05, 4.69) is 15.6 Å². The number of para-hydroxylation sites is 2. The van der Waals surface area contributed by atoms with E-state index >= 15 is 0 Å². The highest BCUT2D eigenvalue weighted by Crippen LogP contribution is 2.31. The van der Waals surface area contributed by atoms with Gasteiger partial charge in [0.25, 0.3) is 5.91 Å². The second-order valence-corrected chi connectivity index (χ2v) is 6.58. The lowest BCUT2D eigenvalue weighted by atomic mass is 10.2. The monoisotopic (exact) mass is 540 g/mol. The molecule has 1 amide bonds. The van der Waals surface area contributed by atoms with Crippen molar-refractivity contribution in [1.29, 1.82) is 0 Å². The molecule has 2 N–H and O–H groups in total. The Morgan fingerprint density at radius 3 is 2.77 bits per heavy atom. The number of fused-ring (bicyclic) bond motifs is 1. The number of aliphatic imine (C=N–C) groups is 1. The topological polar surface area (TPSA) is 84.4 Å². The molecular weight excluding hydrogens is 511 g/mol. The van der Waals surface area contributed by atoms with Crippen LogP contribution in [0.2, 0.25) is 0 Å². The van der Waals surface area contributed by atoms with Crippen molar-refractivity contribution < 1.29 is 19.0 Å². The van der Waals surface area contributed by atoms with Gasteiger partial charge in [-0.1, -0.05) is 12.1 Å². The lowest BCUT2D eigenvalue weighted by Crippen LogP contribution is -2.41. The van der Waals surface area contributed by atoms with Crippen molar-refractivity contribution in [2.75, 3.05) is 50.7 Å². The Hall–Kier alpha value is -2.69. The molecule has 3 rings (SSSR count). The molecule has 1 aliphatic heterocycles. The molecule has 8 nitrogen and oxygen atoms in total. The van der Waals surface area contributed by atoms with Crippen LogP contribution >= 0.6 is 24.0 Å². The van der Waals surface area contributed by atoms with Gasteiger partial charge in [-0.15, -0.1) is 24.0 Å². The summed E-state index contributed by atoms with van der Waals surface area (Å²) in [6.45, 7) is 3.83. The van der Waals surface area contributed by atoms with Crippen molar-refractivity contribution in [2.45, 2.75) is 13.3 Å². The van der Waals surface area contributed by atoms with Gasteiger partial charge in [0.05, 0.1) is 19.4 Å². The highest BCUT2D eigenvalue weighted by atomic mass is 127. The maximum Gasteiger partial charge on any atom is 0.265 e. The van der Waals surface area contributed by atoms with E-state index in [1.807, 2.05) is 49.4 Å².